The average Bonchev–Trinajstić information content (AvgIpc) is 2.74. The summed E-state index contributed by atoms with van der Waals surface area (Å²) in [6.45, 7) is 4.65. The lowest BCUT2D eigenvalue weighted by atomic mass is 10.1. The molecule has 0 aliphatic heterocycles. The van der Waals surface area contributed by atoms with Gasteiger partial charge in [0.15, 0.2) is 0 Å². The molecule has 3 aromatic rings. The fraction of sp³-hybridized carbons (Fsp3) is 0.360. The van der Waals surface area contributed by atoms with Gasteiger partial charge < -0.3 is 15.0 Å². The number of fused-ring (bicyclic) bond motifs is 1. The molecule has 0 aliphatic carbocycles. The van der Waals surface area contributed by atoms with Crippen molar-refractivity contribution in [3.8, 4) is 5.75 Å². The van der Waals surface area contributed by atoms with Crippen LogP contribution in [0.5, 0.6) is 5.75 Å². The molecule has 164 valence electrons. The van der Waals surface area contributed by atoms with Crippen LogP contribution in [-0.4, -0.2) is 15.6 Å². The lowest BCUT2D eigenvalue weighted by Crippen LogP contribution is -2.30. The number of aryl methyl sites for hydroxylation is 2. The van der Waals surface area contributed by atoms with Crippen LogP contribution in [0.3, 0.4) is 0 Å². The van der Waals surface area contributed by atoms with E-state index in [-0.39, 0.29) is 11.3 Å². The Morgan fingerprint density at radius 1 is 1.06 bits per heavy atom. The van der Waals surface area contributed by atoms with E-state index in [9.17, 15) is 14.7 Å². The van der Waals surface area contributed by atoms with Gasteiger partial charge in [0.2, 0.25) is 0 Å². The van der Waals surface area contributed by atoms with Crippen LogP contribution >= 0.6 is 15.9 Å². The fourth-order valence-corrected chi connectivity index (χ4v) is 4.37. The number of para-hydroxylation sites is 1. The predicted molar refractivity (Wildman–Crippen MR) is 130 cm³/mol. The van der Waals surface area contributed by atoms with E-state index >= 15 is 0 Å². The number of carbonyl (C=O) groups is 1. The number of aromatic nitrogens is 1. The highest BCUT2D eigenvalue weighted by molar-refractivity contribution is 9.10. The molecule has 1 heterocycles. The Hall–Kier alpha value is -2.60. The number of carbonyl (C=O) groups excluding carboxylic acids is 1. The van der Waals surface area contributed by atoms with Crippen LogP contribution in [0.25, 0.3) is 10.9 Å². The van der Waals surface area contributed by atoms with Crippen molar-refractivity contribution < 1.29 is 9.90 Å². The van der Waals surface area contributed by atoms with Gasteiger partial charge in [0.1, 0.15) is 11.3 Å². The van der Waals surface area contributed by atoms with Gasteiger partial charge in [-0.05, 0) is 59.1 Å². The van der Waals surface area contributed by atoms with Gasteiger partial charge in [-0.1, -0.05) is 57.2 Å². The first-order valence-electron chi connectivity index (χ1n) is 10.9. The number of unbranched alkanes of at least 4 members (excludes halogenated alkanes) is 5. The minimum atomic E-state index is -0.616. The number of halogens is 1. The number of hydrogen-bond donors (Lipinski definition) is 2. The summed E-state index contributed by atoms with van der Waals surface area (Å²) in [5, 5.41) is 14.1. The van der Waals surface area contributed by atoms with E-state index < -0.39 is 11.5 Å². The van der Waals surface area contributed by atoms with Crippen LogP contribution in [0.2, 0.25) is 0 Å². The molecule has 0 saturated heterocycles. The van der Waals surface area contributed by atoms with Crippen molar-refractivity contribution in [1.29, 1.82) is 0 Å². The smallest absolute Gasteiger partial charge is 0.267 e. The van der Waals surface area contributed by atoms with Crippen molar-refractivity contribution in [2.75, 3.05) is 5.32 Å². The monoisotopic (exact) mass is 484 g/mol. The Kier molecular flexibility index (Phi) is 7.91. The van der Waals surface area contributed by atoms with E-state index in [1.807, 2.05) is 31.2 Å². The van der Waals surface area contributed by atoms with Crippen molar-refractivity contribution in [2.45, 2.75) is 58.9 Å². The van der Waals surface area contributed by atoms with Gasteiger partial charge in [0.05, 0.1) is 11.2 Å². The minimum Gasteiger partial charge on any atom is -0.506 e. The summed E-state index contributed by atoms with van der Waals surface area (Å²) in [5.41, 5.74) is 1.54. The van der Waals surface area contributed by atoms with Gasteiger partial charge in [0.25, 0.3) is 11.5 Å². The van der Waals surface area contributed by atoms with E-state index in [0.29, 0.717) is 27.6 Å². The Labute approximate surface area is 191 Å². The average molecular weight is 485 g/mol. The van der Waals surface area contributed by atoms with E-state index in [2.05, 4.69) is 28.2 Å². The first-order valence-corrected chi connectivity index (χ1v) is 11.6. The fourth-order valence-electron chi connectivity index (χ4n) is 3.77. The molecule has 0 atom stereocenters. The van der Waals surface area contributed by atoms with Gasteiger partial charge in [-0.3, -0.25) is 9.59 Å². The van der Waals surface area contributed by atoms with Crippen molar-refractivity contribution in [3.63, 3.8) is 0 Å². The Morgan fingerprint density at radius 2 is 1.77 bits per heavy atom. The van der Waals surface area contributed by atoms with Crippen LogP contribution in [0.1, 0.15) is 61.4 Å². The molecule has 0 aliphatic rings. The molecule has 0 saturated carbocycles. The van der Waals surface area contributed by atoms with Crippen molar-refractivity contribution in [2.24, 2.45) is 0 Å². The second-order valence-electron chi connectivity index (χ2n) is 7.90. The maximum absolute atomic E-state index is 13.3. The van der Waals surface area contributed by atoms with Gasteiger partial charge in [-0.25, -0.2) is 0 Å². The third kappa shape index (κ3) is 5.37. The Morgan fingerprint density at radius 3 is 2.52 bits per heavy atom. The third-order valence-electron chi connectivity index (χ3n) is 5.48. The lowest BCUT2D eigenvalue weighted by Gasteiger charge is -2.15. The topological polar surface area (TPSA) is 71.3 Å². The first kappa shape index (κ1) is 23.1. The molecule has 2 N–H and O–H groups in total. The predicted octanol–water partition coefficient (Wildman–Crippen LogP) is 6.39. The van der Waals surface area contributed by atoms with E-state index in [1.165, 1.54) is 19.3 Å². The third-order valence-corrected chi connectivity index (χ3v) is 6.14. The van der Waals surface area contributed by atoms with Gasteiger partial charge in [-0.2, -0.15) is 0 Å². The molecule has 5 nitrogen and oxygen atoms in total. The summed E-state index contributed by atoms with van der Waals surface area (Å²) in [7, 11) is 0. The zero-order valence-corrected chi connectivity index (χ0v) is 19.7. The van der Waals surface area contributed by atoms with Crippen molar-refractivity contribution in [3.05, 3.63) is 68.4 Å². The number of hydrogen-bond acceptors (Lipinski definition) is 3. The highest BCUT2D eigenvalue weighted by Crippen LogP contribution is 2.29. The summed E-state index contributed by atoms with van der Waals surface area (Å²) < 4.78 is 2.34. The Balaban J connectivity index is 1.93. The maximum atomic E-state index is 13.3. The van der Waals surface area contributed by atoms with Gasteiger partial charge in [0, 0.05) is 16.4 Å². The normalized spacial score (nSPS) is 11.1. The summed E-state index contributed by atoms with van der Waals surface area (Å²) in [4.78, 5) is 26.3. The SMILES string of the molecule is CCCCCCCCn1c(=O)c(C(=O)Nc2ccc(C)cc2Br)c(O)c2ccccc21. The summed E-state index contributed by atoms with van der Waals surface area (Å²) in [6.07, 6.45) is 6.62. The number of nitrogens with one attached hydrogen (secondary N) is 1. The van der Waals surface area contributed by atoms with Crippen molar-refractivity contribution in [1.82, 2.24) is 4.57 Å². The number of rotatable bonds is 9. The maximum Gasteiger partial charge on any atom is 0.267 e. The zero-order valence-electron chi connectivity index (χ0n) is 18.1. The van der Waals surface area contributed by atoms with Crippen LogP contribution in [0.4, 0.5) is 5.69 Å². The van der Waals surface area contributed by atoms with Crippen molar-refractivity contribution >= 4 is 38.4 Å². The second-order valence-corrected chi connectivity index (χ2v) is 8.76. The lowest BCUT2D eigenvalue weighted by molar-refractivity contribution is 0.102. The molecule has 1 amide bonds. The number of amides is 1. The molecule has 31 heavy (non-hydrogen) atoms. The quantitative estimate of drug-likeness (QED) is 0.345. The number of pyridine rings is 1. The number of nitrogens with zero attached hydrogens (tertiary/aromatic N) is 1. The molecule has 0 spiro atoms. The highest BCUT2D eigenvalue weighted by Gasteiger charge is 2.22. The standard InChI is InChI=1S/C25H29BrN2O3/c1-3-4-5-6-7-10-15-28-21-12-9-8-11-18(21)23(29)22(25(28)31)24(30)27-20-14-13-17(2)16-19(20)26/h8-9,11-14,16,29H,3-7,10,15H2,1-2H3,(H,27,30). The van der Waals surface area contributed by atoms with Crippen LogP contribution in [0.15, 0.2) is 51.7 Å². The van der Waals surface area contributed by atoms with Crippen LogP contribution in [-0.2, 0) is 6.54 Å². The largest absolute Gasteiger partial charge is 0.506 e. The van der Waals surface area contributed by atoms with E-state index in [4.69, 9.17) is 0 Å². The molecule has 0 bridgehead atoms. The number of anilines is 1. The van der Waals surface area contributed by atoms with Gasteiger partial charge >= 0.3 is 0 Å². The molecular weight excluding hydrogens is 456 g/mol. The zero-order chi connectivity index (χ0) is 22.4. The molecule has 2 aromatic carbocycles. The minimum absolute atomic E-state index is 0.225. The summed E-state index contributed by atoms with van der Waals surface area (Å²) in [6, 6.07) is 12.7. The van der Waals surface area contributed by atoms with E-state index in [0.717, 1.165) is 24.8 Å². The molecule has 3 rings (SSSR count). The van der Waals surface area contributed by atoms with Gasteiger partial charge in [-0.15, -0.1) is 0 Å². The van der Waals surface area contributed by atoms with E-state index in [1.54, 1.807) is 22.8 Å². The molecule has 0 unspecified atom stereocenters. The first-order chi connectivity index (χ1) is 14.9. The van der Waals surface area contributed by atoms with Crippen LogP contribution < -0.4 is 10.9 Å². The Bertz CT molecular complexity index is 1140. The highest BCUT2D eigenvalue weighted by atomic mass is 79.9. The summed E-state index contributed by atoms with van der Waals surface area (Å²) in [5.74, 6) is -0.893. The molecular formula is C25H29BrN2O3. The molecule has 0 fully saturated rings. The molecule has 1 aromatic heterocycles. The van der Waals surface area contributed by atoms with Crippen LogP contribution in [0, 0.1) is 6.92 Å². The number of aromatic hydroxyl groups is 1. The number of benzene rings is 2. The summed E-state index contributed by atoms with van der Waals surface area (Å²) >= 11 is 3.44. The molecule has 0 radical (unpaired) electrons. The molecule has 6 heteroatoms. The second kappa shape index (κ2) is 10.6.